The molecular weight excluding hydrogens is 259 g/mol. The van der Waals surface area contributed by atoms with Crippen molar-refractivity contribution in [2.45, 2.75) is 32.7 Å². The van der Waals surface area contributed by atoms with E-state index in [4.69, 9.17) is 0 Å². The van der Waals surface area contributed by atoms with Crippen LogP contribution in [0.4, 0.5) is 10.1 Å². The Balaban J connectivity index is 2.91. The van der Waals surface area contributed by atoms with E-state index < -0.39 is 11.5 Å². The van der Waals surface area contributed by atoms with E-state index in [1.54, 1.807) is 19.1 Å². The first-order valence-electron chi connectivity index (χ1n) is 6.92. The number of likely N-dealkylation sites (N-methyl/N-ethyl adjacent to an activating group) is 1. The Morgan fingerprint density at radius 3 is 2.65 bits per heavy atom. The molecule has 0 aliphatic carbocycles. The third-order valence-corrected chi connectivity index (χ3v) is 3.30. The molecule has 1 aromatic rings. The number of benzene rings is 1. The molecule has 20 heavy (non-hydrogen) atoms. The van der Waals surface area contributed by atoms with Crippen molar-refractivity contribution in [1.29, 1.82) is 0 Å². The van der Waals surface area contributed by atoms with Gasteiger partial charge in [0.25, 0.3) is 0 Å². The molecule has 0 aliphatic rings. The van der Waals surface area contributed by atoms with Crippen LogP contribution in [0.2, 0.25) is 0 Å². The second-order valence-electron chi connectivity index (χ2n) is 5.06. The number of hydrogen-bond donors (Lipinski definition) is 2. The molecule has 0 aliphatic heterocycles. The van der Waals surface area contributed by atoms with Crippen LogP contribution in [-0.2, 0) is 4.79 Å². The fourth-order valence-electron chi connectivity index (χ4n) is 2.04. The van der Waals surface area contributed by atoms with Crippen molar-refractivity contribution in [1.82, 2.24) is 5.32 Å². The van der Waals surface area contributed by atoms with Gasteiger partial charge < -0.3 is 15.3 Å². The Bertz CT molecular complexity index is 453. The average Bonchev–Trinajstić information content (AvgIpc) is 2.42. The van der Waals surface area contributed by atoms with Crippen molar-refractivity contribution in [2.24, 2.45) is 0 Å². The minimum Gasteiger partial charge on any atom is -0.480 e. The van der Waals surface area contributed by atoms with Gasteiger partial charge in [-0.1, -0.05) is 13.0 Å². The number of carboxylic acid groups (broad SMARTS) is 1. The van der Waals surface area contributed by atoms with Crippen molar-refractivity contribution in [3.63, 3.8) is 0 Å². The maximum absolute atomic E-state index is 13.3. The number of anilines is 1. The van der Waals surface area contributed by atoms with Crippen LogP contribution in [0, 0.1) is 5.82 Å². The lowest BCUT2D eigenvalue weighted by Gasteiger charge is -2.34. The third kappa shape index (κ3) is 4.20. The summed E-state index contributed by atoms with van der Waals surface area (Å²) in [6.45, 7) is 7.09. The Morgan fingerprint density at radius 2 is 2.15 bits per heavy atom. The van der Waals surface area contributed by atoms with E-state index in [0.29, 0.717) is 18.8 Å². The lowest BCUT2D eigenvalue weighted by atomic mass is 10.0. The Morgan fingerprint density at radius 1 is 1.45 bits per heavy atom. The highest BCUT2D eigenvalue weighted by Gasteiger charge is 2.34. The Hall–Kier alpha value is -1.62. The molecule has 4 nitrogen and oxygen atoms in total. The largest absolute Gasteiger partial charge is 0.480 e. The highest BCUT2D eigenvalue weighted by Crippen LogP contribution is 2.18. The molecule has 0 saturated carbocycles. The van der Waals surface area contributed by atoms with Crippen molar-refractivity contribution in [3.05, 3.63) is 30.1 Å². The Kier molecular flexibility index (Phi) is 5.95. The van der Waals surface area contributed by atoms with E-state index >= 15 is 0 Å². The zero-order valence-corrected chi connectivity index (χ0v) is 12.3. The molecule has 1 atom stereocenters. The summed E-state index contributed by atoms with van der Waals surface area (Å²) in [6.07, 6.45) is 0.856. The number of carbonyl (C=O) groups is 1. The van der Waals surface area contributed by atoms with Crippen LogP contribution < -0.4 is 10.2 Å². The summed E-state index contributed by atoms with van der Waals surface area (Å²) in [6, 6.07) is 6.22. The van der Waals surface area contributed by atoms with E-state index in [9.17, 15) is 14.3 Å². The summed E-state index contributed by atoms with van der Waals surface area (Å²) in [5.41, 5.74) is -0.364. The molecule has 5 heteroatoms. The monoisotopic (exact) mass is 282 g/mol. The van der Waals surface area contributed by atoms with Crippen molar-refractivity contribution < 1.29 is 14.3 Å². The molecule has 0 saturated heterocycles. The summed E-state index contributed by atoms with van der Waals surface area (Å²) in [4.78, 5) is 13.4. The van der Waals surface area contributed by atoms with E-state index in [0.717, 1.165) is 6.42 Å². The van der Waals surface area contributed by atoms with E-state index in [-0.39, 0.29) is 12.4 Å². The number of halogens is 1. The van der Waals surface area contributed by atoms with Gasteiger partial charge in [-0.25, -0.2) is 4.39 Å². The Labute approximate surface area is 119 Å². The molecule has 0 amide bonds. The molecule has 0 radical (unpaired) electrons. The van der Waals surface area contributed by atoms with Crippen LogP contribution in [0.1, 0.15) is 27.2 Å². The smallest absolute Gasteiger partial charge is 0.325 e. The van der Waals surface area contributed by atoms with Crippen LogP contribution >= 0.6 is 0 Å². The highest BCUT2D eigenvalue weighted by atomic mass is 19.1. The summed E-state index contributed by atoms with van der Waals surface area (Å²) in [5, 5.41) is 12.5. The van der Waals surface area contributed by atoms with Gasteiger partial charge in [-0.3, -0.25) is 4.79 Å². The number of nitrogens with zero attached hydrogens (tertiary/aromatic N) is 1. The number of rotatable bonds is 8. The van der Waals surface area contributed by atoms with Crippen LogP contribution in [0.15, 0.2) is 24.3 Å². The van der Waals surface area contributed by atoms with E-state index in [1.165, 1.54) is 12.1 Å². The van der Waals surface area contributed by atoms with Crippen molar-refractivity contribution in [2.75, 3.05) is 24.5 Å². The number of carboxylic acids is 1. The molecule has 0 fully saturated rings. The number of hydrogen-bond acceptors (Lipinski definition) is 3. The third-order valence-electron chi connectivity index (χ3n) is 3.30. The molecule has 0 spiro atoms. The standard InChI is InChI=1S/C15H23FN2O2/c1-4-9-17-15(3,14(19)20)11-18(5-2)13-8-6-7-12(16)10-13/h6-8,10,17H,4-5,9,11H2,1-3H3,(H,19,20). The topological polar surface area (TPSA) is 52.6 Å². The van der Waals surface area contributed by atoms with Crippen molar-refractivity contribution in [3.8, 4) is 0 Å². The predicted octanol–water partition coefficient (Wildman–Crippen LogP) is 2.49. The number of nitrogens with one attached hydrogen (secondary N) is 1. The summed E-state index contributed by atoms with van der Waals surface area (Å²) < 4.78 is 13.3. The number of aliphatic carboxylic acids is 1. The highest BCUT2D eigenvalue weighted by molar-refractivity contribution is 5.79. The average molecular weight is 282 g/mol. The normalized spacial score (nSPS) is 13.8. The minimum atomic E-state index is -1.06. The maximum Gasteiger partial charge on any atom is 0.325 e. The molecule has 1 aromatic carbocycles. The van der Waals surface area contributed by atoms with Crippen LogP contribution in [0.25, 0.3) is 0 Å². The molecular formula is C15H23FN2O2. The molecule has 1 unspecified atom stereocenters. The molecule has 0 aromatic heterocycles. The first-order chi connectivity index (χ1) is 9.42. The van der Waals surface area contributed by atoms with Gasteiger partial charge in [0.15, 0.2) is 0 Å². The summed E-state index contributed by atoms with van der Waals surface area (Å²) in [5.74, 6) is -1.22. The molecule has 0 bridgehead atoms. The van der Waals surface area contributed by atoms with E-state index in [1.807, 2.05) is 18.7 Å². The SMILES string of the molecule is CCCNC(C)(CN(CC)c1cccc(F)c1)C(=O)O. The summed E-state index contributed by atoms with van der Waals surface area (Å²) >= 11 is 0. The molecule has 112 valence electrons. The van der Waals surface area contributed by atoms with Gasteiger partial charge in [0, 0.05) is 18.8 Å². The quantitative estimate of drug-likeness (QED) is 0.769. The van der Waals surface area contributed by atoms with Gasteiger partial charge in [-0.2, -0.15) is 0 Å². The van der Waals surface area contributed by atoms with Gasteiger partial charge in [0.2, 0.25) is 0 Å². The first-order valence-corrected chi connectivity index (χ1v) is 6.92. The van der Waals surface area contributed by atoms with Crippen LogP contribution in [-0.4, -0.2) is 36.2 Å². The molecule has 1 rings (SSSR count). The molecule has 2 N–H and O–H groups in total. The zero-order valence-electron chi connectivity index (χ0n) is 12.3. The van der Waals surface area contributed by atoms with Crippen LogP contribution in [0.5, 0.6) is 0 Å². The van der Waals surface area contributed by atoms with Gasteiger partial charge in [-0.05, 0) is 45.0 Å². The maximum atomic E-state index is 13.3. The molecule has 0 heterocycles. The minimum absolute atomic E-state index is 0.280. The van der Waals surface area contributed by atoms with Crippen molar-refractivity contribution >= 4 is 11.7 Å². The van der Waals surface area contributed by atoms with E-state index in [2.05, 4.69) is 5.32 Å². The van der Waals surface area contributed by atoms with Gasteiger partial charge in [0.05, 0.1) is 0 Å². The fourth-order valence-corrected chi connectivity index (χ4v) is 2.04. The predicted molar refractivity (Wildman–Crippen MR) is 78.6 cm³/mol. The summed E-state index contributed by atoms with van der Waals surface area (Å²) in [7, 11) is 0. The van der Waals surface area contributed by atoms with Gasteiger partial charge in [0.1, 0.15) is 11.4 Å². The second kappa shape index (κ2) is 7.24. The second-order valence-corrected chi connectivity index (χ2v) is 5.06. The first kappa shape index (κ1) is 16.4. The zero-order chi connectivity index (χ0) is 15.2. The lowest BCUT2D eigenvalue weighted by molar-refractivity contribution is -0.143. The van der Waals surface area contributed by atoms with Gasteiger partial charge >= 0.3 is 5.97 Å². The fraction of sp³-hybridized carbons (Fsp3) is 0.533. The van der Waals surface area contributed by atoms with Gasteiger partial charge in [-0.15, -0.1) is 0 Å². The lowest BCUT2D eigenvalue weighted by Crippen LogP contribution is -2.57. The van der Waals surface area contributed by atoms with Crippen LogP contribution in [0.3, 0.4) is 0 Å².